The number of carbonyl (C=O) groups is 2. The van der Waals surface area contributed by atoms with Gasteiger partial charge in [-0.15, -0.1) is 0 Å². The van der Waals surface area contributed by atoms with Crippen LogP contribution in [0.4, 0.5) is 5.69 Å². The Morgan fingerprint density at radius 2 is 1.48 bits per heavy atom. The van der Waals surface area contributed by atoms with Crippen molar-refractivity contribution < 1.29 is 24.2 Å². The van der Waals surface area contributed by atoms with Gasteiger partial charge in [0.05, 0.1) is 36.3 Å². The van der Waals surface area contributed by atoms with Crippen LogP contribution in [0.25, 0.3) is 11.0 Å². The molecular weight excluding hydrogens is 705 g/mol. The van der Waals surface area contributed by atoms with E-state index in [-0.39, 0.29) is 54.6 Å². The lowest BCUT2D eigenvalue weighted by molar-refractivity contribution is -0.264. The van der Waals surface area contributed by atoms with Crippen LogP contribution < -0.4 is 11.0 Å². The second kappa shape index (κ2) is 16.6. The molecule has 8 rings (SSSR count). The molecule has 4 atom stereocenters. The molecule has 2 aliphatic rings. The standard InChI is InChI=1S/C46H46N4O6/c1-30(52)36-10-7-11-37(27-36)47-42(53)26-31-14-20-35(21-15-31)45-55-41(28-49-24-22-38(23-25-49)50-40-13-6-5-12-39(40)48-46(50)54)43(33-8-3-2-4-9-33)44(56-45)34-18-16-32(29-51)17-19-34/h2-21,27,38,41,43-45,51H,22-26,28-29H2,1H3,(H,47,53)(H,48,54)/t41-,43-,44+,45?/m1/s1. The number of aliphatic hydroxyl groups excluding tert-OH is 1. The highest BCUT2D eigenvalue weighted by Gasteiger charge is 2.43. The molecule has 1 unspecified atom stereocenters. The first-order chi connectivity index (χ1) is 27.3. The van der Waals surface area contributed by atoms with E-state index in [2.05, 4.69) is 27.3 Å². The van der Waals surface area contributed by atoms with Gasteiger partial charge >= 0.3 is 5.69 Å². The number of carbonyl (C=O) groups excluding carboxylic acids is 2. The van der Waals surface area contributed by atoms with Gasteiger partial charge in [-0.3, -0.25) is 14.2 Å². The monoisotopic (exact) mass is 750 g/mol. The SMILES string of the molecule is CC(=O)c1cccc(NC(=O)Cc2ccc(C3O[C@H](CN4CCC(n5c(=O)[nH]c6ccccc65)CC4)[C@@H](c4ccccc4)[C@H](c4ccc(CO)cc4)O3)cc2)c1. The topological polar surface area (TPSA) is 126 Å². The first-order valence-corrected chi connectivity index (χ1v) is 19.3. The number of para-hydroxylation sites is 2. The molecule has 10 nitrogen and oxygen atoms in total. The van der Waals surface area contributed by atoms with Crippen molar-refractivity contribution >= 4 is 28.4 Å². The number of benzene rings is 5. The van der Waals surface area contributed by atoms with Crippen molar-refractivity contribution in [2.75, 3.05) is 25.0 Å². The first kappa shape index (κ1) is 37.3. The van der Waals surface area contributed by atoms with E-state index in [4.69, 9.17) is 9.47 Å². The number of nitrogens with zero attached hydrogens (tertiary/aromatic N) is 2. The summed E-state index contributed by atoms with van der Waals surface area (Å²) in [5, 5.41) is 12.7. The summed E-state index contributed by atoms with van der Waals surface area (Å²) in [5.41, 5.74) is 7.47. The lowest BCUT2D eigenvalue weighted by Crippen LogP contribution is -2.47. The van der Waals surface area contributed by atoms with Crippen molar-refractivity contribution in [2.45, 2.75) is 63.3 Å². The molecule has 2 aliphatic heterocycles. The van der Waals surface area contributed by atoms with Gasteiger partial charge in [-0.1, -0.05) is 103 Å². The van der Waals surface area contributed by atoms with E-state index in [0.717, 1.165) is 64.8 Å². The van der Waals surface area contributed by atoms with Gasteiger partial charge in [0.2, 0.25) is 5.91 Å². The Balaban J connectivity index is 1.03. The summed E-state index contributed by atoms with van der Waals surface area (Å²) in [7, 11) is 0. The fourth-order valence-electron chi connectivity index (χ4n) is 8.22. The number of fused-ring (bicyclic) bond motifs is 1. The van der Waals surface area contributed by atoms with Crippen molar-refractivity contribution in [3.05, 3.63) is 171 Å². The Labute approximate surface area is 325 Å². The number of hydrogen-bond donors (Lipinski definition) is 3. The number of piperidine rings is 1. The molecule has 3 N–H and O–H groups in total. The van der Waals surface area contributed by atoms with Gasteiger partial charge < -0.3 is 29.8 Å². The molecule has 0 saturated carbocycles. The van der Waals surface area contributed by atoms with Crippen molar-refractivity contribution in [1.82, 2.24) is 14.5 Å². The van der Waals surface area contributed by atoms with Crippen molar-refractivity contribution in [3.63, 3.8) is 0 Å². The number of hydrogen-bond acceptors (Lipinski definition) is 7. The number of likely N-dealkylation sites (tertiary alicyclic amines) is 1. The van der Waals surface area contributed by atoms with Crippen LogP contribution in [-0.2, 0) is 27.3 Å². The number of rotatable bonds is 11. The van der Waals surface area contributed by atoms with Crippen LogP contribution in [0.1, 0.15) is 82.3 Å². The zero-order valence-electron chi connectivity index (χ0n) is 31.3. The number of nitrogens with one attached hydrogen (secondary N) is 2. The molecule has 2 fully saturated rings. The van der Waals surface area contributed by atoms with Crippen LogP contribution >= 0.6 is 0 Å². The maximum atomic E-state index is 13.0. The Morgan fingerprint density at radius 3 is 2.21 bits per heavy atom. The molecule has 0 spiro atoms. The maximum Gasteiger partial charge on any atom is 0.326 e. The number of ether oxygens (including phenoxy) is 2. The third-order valence-corrected chi connectivity index (χ3v) is 11.1. The molecule has 6 aromatic rings. The molecule has 286 valence electrons. The molecule has 0 aliphatic carbocycles. The van der Waals surface area contributed by atoms with Gasteiger partial charge in [-0.05, 0) is 66.3 Å². The minimum Gasteiger partial charge on any atom is -0.392 e. The summed E-state index contributed by atoms with van der Waals surface area (Å²) in [6, 6.07) is 41.0. The summed E-state index contributed by atoms with van der Waals surface area (Å²) in [6.45, 7) is 3.76. The quantitative estimate of drug-likeness (QED) is 0.117. The number of ketones is 1. The van der Waals surface area contributed by atoms with Gasteiger partial charge in [0, 0.05) is 48.4 Å². The largest absolute Gasteiger partial charge is 0.392 e. The fourth-order valence-corrected chi connectivity index (χ4v) is 8.22. The Morgan fingerprint density at radius 1 is 0.786 bits per heavy atom. The summed E-state index contributed by atoms with van der Waals surface area (Å²) >= 11 is 0. The molecule has 2 saturated heterocycles. The molecule has 0 radical (unpaired) electrons. The Hall–Kier alpha value is -5.65. The molecule has 0 bridgehead atoms. The third-order valence-electron chi connectivity index (χ3n) is 11.1. The van der Waals surface area contributed by atoms with Gasteiger partial charge in [0.1, 0.15) is 0 Å². The lowest BCUT2D eigenvalue weighted by Gasteiger charge is -2.45. The zero-order valence-corrected chi connectivity index (χ0v) is 31.3. The van der Waals surface area contributed by atoms with E-state index in [0.29, 0.717) is 17.8 Å². The molecular formula is C46H46N4O6. The number of aliphatic hydroxyl groups is 1. The van der Waals surface area contributed by atoms with E-state index in [1.165, 1.54) is 6.92 Å². The van der Waals surface area contributed by atoms with E-state index >= 15 is 0 Å². The minimum absolute atomic E-state index is 0.0436. The number of imidazole rings is 1. The molecule has 5 aromatic carbocycles. The summed E-state index contributed by atoms with van der Waals surface area (Å²) < 4.78 is 15.8. The maximum absolute atomic E-state index is 13.0. The van der Waals surface area contributed by atoms with Gasteiger partial charge in [-0.2, -0.15) is 0 Å². The third kappa shape index (κ3) is 8.15. The molecule has 10 heteroatoms. The predicted molar refractivity (Wildman–Crippen MR) is 215 cm³/mol. The second-order valence-electron chi connectivity index (χ2n) is 14.9. The van der Waals surface area contributed by atoms with E-state index < -0.39 is 6.29 Å². The number of Topliss-reactive ketones (excluding diaryl/α,β-unsaturated/α-hetero) is 1. The average Bonchev–Trinajstić information content (AvgIpc) is 3.57. The van der Waals surface area contributed by atoms with Crippen LogP contribution in [0.5, 0.6) is 0 Å². The van der Waals surface area contributed by atoms with E-state index in [9.17, 15) is 19.5 Å². The summed E-state index contributed by atoms with van der Waals surface area (Å²) in [4.78, 5) is 43.3. The van der Waals surface area contributed by atoms with Crippen LogP contribution in [0.3, 0.4) is 0 Å². The Bertz CT molecular complexity index is 2350. The molecule has 56 heavy (non-hydrogen) atoms. The number of aromatic nitrogens is 2. The highest BCUT2D eigenvalue weighted by molar-refractivity contribution is 5.97. The molecule has 1 aromatic heterocycles. The van der Waals surface area contributed by atoms with Crippen molar-refractivity contribution in [1.29, 1.82) is 0 Å². The Kier molecular flexibility index (Phi) is 11.1. The van der Waals surface area contributed by atoms with Crippen LogP contribution in [-0.4, -0.2) is 57.0 Å². The number of amides is 1. The lowest BCUT2D eigenvalue weighted by atomic mass is 9.83. The highest BCUT2D eigenvalue weighted by atomic mass is 16.7. The number of H-pyrrole nitrogens is 1. The summed E-state index contributed by atoms with van der Waals surface area (Å²) in [6.07, 6.45) is 0.564. The fraction of sp³-hybridized carbons (Fsp3) is 0.283. The number of anilines is 1. The van der Waals surface area contributed by atoms with Gasteiger partial charge in [0.25, 0.3) is 0 Å². The zero-order chi connectivity index (χ0) is 38.6. The highest BCUT2D eigenvalue weighted by Crippen LogP contribution is 2.47. The van der Waals surface area contributed by atoms with Crippen molar-refractivity contribution in [2.24, 2.45) is 0 Å². The van der Waals surface area contributed by atoms with Crippen LogP contribution in [0.2, 0.25) is 0 Å². The number of aromatic amines is 1. The van der Waals surface area contributed by atoms with Gasteiger partial charge in [0.15, 0.2) is 12.1 Å². The van der Waals surface area contributed by atoms with Crippen LogP contribution in [0.15, 0.2) is 132 Å². The average molecular weight is 751 g/mol. The molecule has 1 amide bonds. The normalized spacial score (nSPS) is 20.5. The molecule has 3 heterocycles. The second-order valence-corrected chi connectivity index (χ2v) is 14.9. The first-order valence-electron chi connectivity index (χ1n) is 19.3. The van der Waals surface area contributed by atoms with E-state index in [1.54, 1.807) is 24.3 Å². The minimum atomic E-state index is -0.679. The smallest absolute Gasteiger partial charge is 0.326 e. The van der Waals surface area contributed by atoms with Crippen molar-refractivity contribution in [3.8, 4) is 0 Å². The van der Waals surface area contributed by atoms with Gasteiger partial charge in [-0.25, -0.2) is 4.79 Å². The van der Waals surface area contributed by atoms with Crippen LogP contribution in [0, 0.1) is 0 Å². The van der Waals surface area contributed by atoms with E-state index in [1.807, 2.05) is 95.6 Å². The summed E-state index contributed by atoms with van der Waals surface area (Å²) in [5.74, 6) is -0.375. The predicted octanol–water partition coefficient (Wildman–Crippen LogP) is 7.48.